The molecule has 0 aromatic heterocycles. The van der Waals surface area contributed by atoms with Gasteiger partial charge in [-0.05, 0) is 0 Å². The van der Waals surface area contributed by atoms with Crippen molar-refractivity contribution in [1.29, 1.82) is 0 Å². The van der Waals surface area contributed by atoms with Crippen LogP contribution in [0.15, 0.2) is 91.0 Å². The summed E-state index contributed by atoms with van der Waals surface area (Å²) in [6.07, 6.45) is -1.73. The van der Waals surface area contributed by atoms with E-state index in [9.17, 15) is 4.79 Å². The topological polar surface area (TPSA) is 63.2 Å². The summed E-state index contributed by atoms with van der Waals surface area (Å²) in [4.78, 5) is 12.4. The standard InChI is InChI=1S/C33H38O6SeSi/c1-30(2,3)41(24-18-12-8-13-19-24,25-20-14-9-15-21-25)35-22-33-27(40-23-16-10-7-11-17-23)26-32(6,38-29(34)36-26)28(33)37-31(4,5)39-33/h7-21,26-28H,22H2,1-6H3/t26-,27-,28-,32-,33+/m0/s1. The Labute approximate surface area is 250 Å². The van der Waals surface area contributed by atoms with E-state index >= 15 is 0 Å². The number of carbonyl (C=O) groups is 1. The molecule has 0 unspecified atom stereocenters. The van der Waals surface area contributed by atoms with Crippen LogP contribution in [-0.2, 0) is 23.4 Å². The van der Waals surface area contributed by atoms with Gasteiger partial charge in [0.1, 0.15) is 0 Å². The molecule has 216 valence electrons. The molecule has 1 saturated carbocycles. The average molecular weight is 638 g/mol. The van der Waals surface area contributed by atoms with E-state index in [1.54, 1.807) is 0 Å². The van der Waals surface area contributed by atoms with Gasteiger partial charge in [0.25, 0.3) is 0 Å². The van der Waals surface area contributed by atoms with E-state index < -0.39 is 43.7 Å². The maximum absolute atomic E-state index is 12.6. The molecule has 2 aliphatic heterocycles. The summed E-state index contributed by atoms with van der Waals surface area (Å²) >= 11 is -0.130. The Hall–Kier alpha value is -2.45. The van der Waals surface area contributed by atoms with Crippen LogP contribution in [0.4, 0.5) is 4.79 Å². The van der Waals surface area contributed by atoms with Crippen molar-refractivity contribution in [2.75, 3.05) is 6.61 Å². The fourth-order valence-electron chi connectivity index (χ4n) is 7.01. The van der Waals surface area contributed by atoms with Gasteiger partial charge in [-0.25, -0.2) is 0 Å². The number of hydrogen-bond donors (Lipinski definition) is 0. The first-order valence-electron chi connectivity index (χ1n) is 14.2. The Balaban J connectivity index is 1.50. The van der Waals surface area contributed by atoms with Gasteiger partial charge < -0.3 is 0 Å². The molecular weight excluding hydrogens is 599 g/mol. The molecule has 8 heteroatoms. The van der Waals surface area contributed by atoms with E-state index in [0.29, 0.717) is 0 Å². The Morgan fingerprint density at radius 2 is 1.39 bits per heavy atom. The SMILES string of the molecule is CC1(C)O[C@H]2[C@@]3(C)OC(=O)O[C@H]3[C@H]([Se]c3ccccc3)[C@@]2(CO[Si](c2ccccc2)(c2ccccc2)C(C)(C)C)O1. The fourth-order valence-corrected chi connectivity index (χ4v) is 14.7. The number of rotatable bonds is 7. The van der Waals surface area contributed by atoms with Crippen LogP contribution in [0.2, 0.25) is 9.85 Å². The second-order valence-electron chi connectivity index (χ2n) is 12.8. The van der Waals surface area contributed by atoms with Gasteiger partial charge in [-0.3, -0.25) is 0 Å². The molecule has 41 heavy (non-hydrogen) atoms. The number of benzene rings is 3. The summed E-state index contributed by atoms with van der Waals surface area (Å²) in [6.45, 7) is 12.9. The van der Waals surface area contributed by atoms with Crippen molar-refractivity contribution < 1.29 is 28.2 Å². The molecule has 0 radical (unpaired) electrons. The Kier molecular flexibility index (Phi) is 7.04. The van der Waals surface area contributed by atoms with E-state index in [1.807, 2.05) is 51.1 Å². The zero-order valence-electron chi connectivity index (χ0n) is 24.5. The van der Waals surface area contributed by atoms with Crippen LogP contribution >= 0.6 is 0 Å². The number of ether oxygens (including phenoxy) is 4. The molecule has 3 fully saturated rings. The van der Waals surface area contributed by atoms with Crippen LogP contribution in [0.1, 0.15) is 41.5 Å². The van der Waals surface area contributed by atoms with Crippen LogP contribution in [0.5, 0.6) is 0 Å². The molecule has 2 saturated heterocycles. The van der Waals surface area contributed by atoms with Crippen molar-refractivity contribution >= 4 is 44.3 Å². The second-order valence-corrected chi connectivity index (χ2v) is 19.7. The van der Waals surface area contributed by atoms with Crippen molar-refractivity contribution in [2.45, 2.75) is 80.6 Å². The zero-order valence-corrected chi connectivity index (χ0v) is 27.2. The molecule has 0 spiro atoms. The van der Waals surface area contributed by atoms with Crippen LogP contribution in [0.25, 0.3) is 0 Å². The summed E-state index contributed by atoms with van der Waals surface area (Å²) < 4.78 is 34.2. The van der Waals surface area contributed by atoms with Crippen molar-refractivity contribution in [3.05, 3.63) is 91.0 Å². The van der Waals surface area contributed by atoms with Crippen LogP contribution in [-0.4, -0.2) is 65.2 Å². The minimum atomic E-state index is -2.90. The van der Waals surface area contributed by atoms with E-state index in [0.717, 1.165) is 0 Å². The van der Waals surface area contributed by atoms with Gasteiger partial charge in [-0.2, -0.15) is 0 Å². The predicted molar refractivity (Wildman–Crippen MR) is 162 cm³/mol. The van der Waals surface area contributed by atoms with Gasteiger partial charge in [0.05, 0.1) is 0 Å². The average Bonchev–Trinajstić information content (AvgIpc) is 3.46. The molecule has 0 N–H and O–H groups in total. The zero-order chi connectivity index (χ0) is 29.1. The van der Waals surface area contributed by atoms with E-state index in [1.165, 1.54) is 14.8 Å². The third-order valence-corrected chi connectivity index (χ3v) is 16.6. The van der Waals surface area contributed by atoms with Crippen molar-refractivity contribution in [1.82, 2.24) is 0 Å². The Morgan fingerprint density at radius 1 is 0.854 bits per heavy atom. The molecule has 3 aromatic carbocycles. The van der Waals surface area contributed by atoms with Crippen LogP contribution < -0.4 is 14.8 Å². The Bertz CT molecular complexity index is 1360. The fraction of sp³-hybridized carbons (Fsp3) is 0.424. The van der Waals surface area contributed by atoms with E-state index in [2.05, 4.69) is 81.4 Å². The molecule has 6 nitrogen and oxygen atoms in total. The summed E-state index contributed by atoms with van der Waals surface area (Å²) in [5.74, 6) is -0.895. The Morgan fingerprint density at radius 3 is 1.93 bits per heavy atom. The molecule has 1 aliphatic carbocycles. The molecule has 2 heterocycles. The predicted octanol–water partition coefficient (Wildman–Crippen LogP) is 4.58. The van der Waals surface area contributed by atoms with Gasteiger partial charge in [-0.15, -0.1) is 0 Å². The molecule has 3 aromatic rings. The molecular formula is C33H38O6SeSi. The summed E-state index contributed by atoms with van der Waals surface area (Å²) in [5.41, 5.74) is -1.90. The number of hydrogen-bond acceptors (Lipinski definition) is 6. The third-order valence-electron chi connectivity index (χ3n) is 8.59. The van der Waals surface area contributed by atoms with Gasteiger partial charge in [0, 0.05) is 0 Å². The molecule has 0 bridgehead atoms. The monoisotopic (exact) mass is 638 g/mol. The van der Waals surface area contributed by atoms with Gasteiger partial charge >= 0.3 is 251 Å². The van der Waals surface area contributed by atoms with Crippen molar-refractivity contribution in [3.63, 3.8) is 0 Å². The molecule has 6 rings (SSSR count). The minimum absolute atomic E-state index is 0.130. The first-order chi connectivity index (χ1) is 19.4. The van der Waals surface area contributed by atoms with E-state index in [-0.39, 0.29) is 31.4 Å². The first-order valence-corrected chi connectivity index (χ1v) is 17.9. The number of carbonyl (C=O) groups excluding carboxylic acids is 1. The molecule has 5 atom stereocenters. The summed E-state index contributed by atoms with van der Waals surface area (Å²) in [6, 6.07) is 31.6. The summed E-state index contributed by atoms with van der Waals surface area (Å²) in [5, 5.41) is 2.18. The molecule has 0 amide bonds. The maximum atomic E-state index is 12.6. The van der Waals surface area contributed by atoms with Crippen molar-refractivity contribution in [2.24, 2.45) is 0 Å². The first kappa shape index (κ1) is 28.7. The number of fused-ring (bicyclic) bond motifs is 3. The summed E-state index contributed by atoms with van der Waals surface area (Å²) in [7, 11) is -2.90. The van der Waals surface area contributed by atoms with E-state index in [4.69, 9.17) is 23.4 Å². The van der Waals surface area contributed by atoms with Gasteiger partial charge in [0.15, 0.2) is 0 Å². The molecule has 3 aliphatic rings. The van der Waals surface area contributed by atoms with Gasteiger partial charge in [0.2, 0.25) is 0 Å². The van der Waals surface area contributed by atoms with Crippen LogP contribution in [0.3, 0.4) is 0 Å². The van der Waals surface area contributed by atoms with Crippen LogP contribution in [0, 0.1) is 0 Å². The van der Waals surface area contributed by atoms with Gasteiger partial charge in [-0.1, -0.05) is 0 Å². The van der Waals surface area contributed by atoms with Crippen molar-refractivity contribution in [3.8, 4) is 0 Å². The second kappa shape index (κ2) is 10.1. The quantitative estimate of drug-likeness (QED) is 0.279. The normalized spacial score (nSPS) is 30.4. The third kappa shape index (κ3) is 4.60.